The number of benzene rings is 2. The Hall–Kier alpha value is -3.73. The first kappa shape index (κ1) is 17.7. The monoisotopic (exact) mass is 369 g/mol. The van der Waals surface area contributed by atoms with Gasteiger partial charge in [0.15, 0.2) is 0 Å². The van der Waals surface area contributed by atoms with Gasteiger partial charge in [-0.15, -0.1) is 0 Å². The minimum absolute atomic E-state index is 0.0256. The average Bonchev–Trinajstić information content (AvgIpc) is 2.75. The van der Waals surface area contributed by atoms with E-state index in [4.69, 9.17) is 0 Å². The second-order valence-electron chi connectivity index (χ2n) is 6.53. The number of rotatable bonds is 5. The first-order chi connectivity index (χ1) is 13.7. The largest absolute Gasteiger partial charge is 0.345 e. The van der Waals surface area contributed by atoms with Gasteiger partial charge >= 0.3 is 0 Å². The van der Waals surface area contributed by atoms with E-state index in [1.807, 2.05) is 60.7 Å². The lowest BCUT2D eigenvalue weighted by atomic mass is 9.98. The topological polar surface area (TPSA) is 63.5 Å². The van der Waals surface area contributed by atoms with E-state index in [1.165, 1.54) is 10.6 Å². The van der Waals surface area contributed by atoms with Crippen molar-refractivity contribution in [2.75, 3.05) is 0 Å². The average molecular weight is 369 g/mol. The molecule has 2 heterocycles. The van der Waals surface area contributed by atoms with Crippen molar-refractivity contribution in [2.45, 2.75) is 12.5 Å². The van der Waals surface area contributed by atoms with Gasteiger partial charge in [-0.1, -0.05) is 66.7 Å². The zero-order valence-corrected chi connectivity index (χ0v) is 15.2. The molecule has 0 aliphatic heterocycles. The number of fused-ring (bicyclic) bond motifs is 1. The summed E-state index contributed by atoms with van der Waals surface area (Å²) in [5.41, 5.74) is 2.24. The van der Waals surface area contributed by atoms with Gasteiger partial charge in [-0.2, -0.15) is 0 Å². The Bertz CT molecular complexity index is 1150. The summed E-state index contributed by atoms with van der Waals surface area (Å²) in [4.78, 5) is 29.9. The molecule has 1 amide bonds. The lowest BCUT2D eigenvalue weighted by Crippen LogP contribution is -2.35. The number of pyridine rings is 1. The van der Waals surface area contributed by atoms with Crippen LogP contribution < -0.4 is 10.9 Å². The second kappa shape index (κ2) is 7.88. The van der Waals surface area contributed by atoms with Crippen LogP contribution in [0.25, 0.3) is 5.65 Å². The molecular weight excluding hydrogens is 350 g/mol. The van der Waals surface area contributed by atoms with Crippen LogP contribution in [0, 0.1) is 0 Å². The van der Waals surface area contributed by atoms with E-state index < -0.39 is 5.91 Å². The summed E-state index contributed by atoms with van der Waals surface area (Å²) >= 11 is 0. The lowest BCUT2D eigenvalue weighted by molar-refractivity contribution is 0.0934. The van der Waals surface area contributed by atoms with E-state index in [0.29, 0.717) is 12.1 Å². The highest BCUT2D eigenvalue weighted by Crippen LogP contribution is 2.19. The Kier molecular flexibility index (Phi) is 4.97. The van der Waals surface area contributed by atoms with E-state index in [-0.39, 0.29) is 17.2 Å². The molecule has 0 saturated carbocycles. The molecule has 0 bridgehead atoms. The first-order valence-electron chi connectivity index (χ1n) is 9.08. The Balaban J connectivity index is 1.66. The highest BCUT2D eigenvalue weighted by atomic mass is 16.2. The van der Waals surface area contributed by atoms with E-state index in [9.17, 15) is 9.59 Å². The highest BCUT2D eigenvalue weighted by molar-refractivity contribution is 5.94. The highest BCUT2D eigenvalue weighted by Gasteiger charge is 2.19. The zero-order chi connectivity index (χ0) is 19.3. The molecule has 5 nitrogen and oxygen atoms in total. The molecule has 1 atom stereocenters. The van der Waals surface area contributed by atoms with Crippen molar-refractivity contribution in [1.29, 1.82) is 0 Å². The fraction of sp³-hybridized carbons (Fsp3) is 0.0870. The minimum atomic E-state index is -0.430. The van der Waals surface area contributed by atoms with Crippen molar-refractivity contribution < 1.29 is 4.79 Å². The molecular formula is C23H19N3O2. The third kappa shape index (κ3) is 3.69. The first-order valence-corrected chi connectivity index (χ1v) is 9.08. The summed E-state index contributed by atoms with van der Waals surface area (Å²) in [6.45, 7) is 0. The van der Waals surface area contributed by atoms with Crippen molar-refractivity contribution in [1.82, 2.24) is 14.7 Å². The zero-order valence-electron chi connectivity index (χ0n) is 15.2. The van der Waals surface area contributed by atoms with E-state index in [2.05, 4.69) is 10.3 Å². The minimum Gasteiger partial charge on any atom is -0.345 e. The number of carbonyl (C=O) groups is 1. The molecule has 138 valence electrons. The van der Waals surface area contributed by atoms with E-state index in [0.717, 1.165) is 11.1 Å². The molecule has 0 radical (unpaired) electrons. The van der Waals surface area contributed by atoms with Crippen LogP contribution in [0.15, 0.2) is 96.1 Å². The van der Waals surface area contributed by atoms with Crippen LogP contribution in [-0.2, 0) is 6.42 Å². The molecule has 2 aromatic heterocycles. The molecule has 0 aliphatic rings. The molecule has 0 spiro atoms. The molecule has 0 fully saturated rings. The van der Waals surface area contributed by atoms with Gasteiger partial charge in [-0.05, 0) is 29.7 Å². The van der Waals surface area contributed by atoms with Crippen molar-refractivity contribution in [3.05, 3.63) is 118 Å². The molecule has 4 rings (SSSR count). The van der Waals surface area contributed by atoms with Crippen LogP contribution in [0.2, 0.25) is 0 Å². The van der Waals surface area contributed by atoms with Crippen molar-refractivity contribution in [3.63, 3.8) is 0 Å². The SMILES string of the molecule is O=C(NC(Cc1ccccc1)c1ccccc1)c1cnc2ccccn2c1=O. The Morgan fingerprint density at radius 2 is 1.61 bits per heavy atom. The number of hydrogen-bond donors (Lipinski definition) is 1. The maximum Gasteiger partial charge on any atom is 0.270 e. The molecule has 1 unspecified atom stereocenters. The smallest absolute Gasteiger partial charge is 0.270 e. The number of aromatic nitrogens is 2. The maximum absolute atomic E-state index is 12.9. The van der Waals surface area contributed by atoms with E-state index in [1.54, 1.807) is 24.4 Å². The van der Waals surface area contributed by atoms with Gasteiger partial charge in [0.2, 0.25) is 0 Å². The van der Waals surface area contributed by atoms with Gasteiger partial charge in [-0.3, -0.25) is 14.0 Å². The van der Waals surface area contributed by atoms with Crippen LogP contribution in [0.5, 0.6) is 0 Å². The van der Waals surface area contributed by atoms with Gasteiger partial charge in [0.1, 0.15) is 11.2 Å². The number of nitrogens with one attached hydrogen (secondary N) is 1. The molecule has 2 aromatic carbocycles. The van der Waals surface area contributed by atoms with Gasteiger partial charge in [0, 0.05) is 12.4 Å². The van der Waals surface area contributed by atoms with Crippen molar-refractivity contribution in [2.24, 2.45) is 0 Å². The fourth-order valence-corrected chi connectivity index (χ4v) is 3.21. The summed E-state index contributed by atoms with van der Waals surface area (Å²) in [5.74, 6) is -0.430. The Labute approximate surface area is 162 Å². The third-order valence-corrected chi connectivity index (χ3v) is 4.65. The normalized spacial score (nSPS) is 11.9. The Morgan fingerprint density at radius 1 is 0.929 bits per heavy atom. The van der Waals surface area contributed by atoms with Crippen molar-refractivity contribution in [3.8, 4) is 0 Å². The summed E-state index contributed by atoms with van der Waals surface area (Å²) in [6.07, 6.45) is 3.58. The van der Waals surface area contributed by atoms with Gasteiger partial charge in [-0.25, -0.2) is 4.98 Å². The van der Waals surface area contributed by atoms with Crippen LogP contribution in [0.3, 0.4) is 0 Å². The molecule has 4 aromatic rings. The summed E-state index contributed by atoms with van der Waals surface area (Å²) in [5, 5.41) is 3.01. The molecule has 28 heavy (non-hydrogen) atoms. The van der Waals surface area contributed by atoms with Gasteiger partial charge in [0.25, 0.3) is 11.5 Å². The van der Waals surface area contributed by atoms with Crippen LogP contribution >= 0.6 is 0 Å². The summed E-state index contributed by atoms with van der Waals surface area (Å²) in [7, 11) is 0. The summed E-state index contributed by atoms with van der Waals surface area (Å²) < 4.78 is 1.38. The molecule has 0 aliphatic carbocycles. The number of hydrogen-bond acceptors (Lipinski definition) is 3. The molecule has 0 saturated heterocycles. The van der Waals surface area contributed by atoms with Gasteiger partial charge in [0.05, 0.1) is 6.04 Å². The van der Waals surface area contributed by atoms with Crippen LogP contribution in [-0.4, -0.2) is 15.3 Å². The standard InChI is InChI=1S/C23H19N3O2/c27-22(19-16-24-21-13-7-8-14-26(21)23(19)28)25-20(18-11-5-2-6-12-18)15-17-9-3-1-4-10-17/h1-14,16,20H,15H2,(H,25,27). The van der Waals surface area contributed by atoms with Crippen molar-refractivity contribution >= 4 is 11.6 Å². The molecule has 5 heteroatoms. The fourth-order valence-electron chi connectivity index (χ4n) is 3.21. The molecule has 1 N–H and O–H groups in total. The predicted molar refractivity (Wildman–Crippen MR) is 108 cm³/mol. The van der Waals surface area contributed by atoms with E-state index >= 15 is 0 Å². The number of amides is 1. The third-order valence-electron chi connectivity index (χ3n) is 4.65. The predicted octanol–water partition coefficient (Wildman–Crippen LogP) is 3.41. The Morgan fingerprint density at radius 3 is 2.36 bits per heavy atom. The van der Waals surface area contributed by atoms with Crippen LogP contribution in [0.1, 0.15) is 27.5 Å². The number of nitrogens with zero attached hydrogens (tertiary/aromatic N) is 2. The van der Waals surface area contributed by atoms with Crippen LogP contribution in [0.4, 0.5) is 0 Å². The lowest BCUT2D eigenvalue weighted by Gasteiger charge is -2.19. The number of carbonyl (C=O) groups excluding carboxylic acids is 1. The summed E-state index contributed by atoms with van der Waals surface area (Å²) in [6, 6.07) is 24.7. The quantitative estimate of drug-likeness (QED) is 0.586. The second-order valence-corrected chi connectivity index (χ2v) is 6.53. The van der Waals surface area contributed by atoms with Gasteiger partial charge < -0.3 is 5.32 Å². The maximum atomic E-state index is 12.9.